The van der Waals surface area contributed by atoms with Gasteiger partial charge in [0.25, 0.3) is 0 Å². The summed E-state index contributed by atoms with van der Waals surface area (Å²) < 4.78 is 0. The molecule has 1 atom stereocenters. The number of hydrogen-bond donors (Lipinski definition) is 4. The van der Waals surface area contributed by atoms with Gasteiger partial charge >= 0.3 is 0 Å². The molecule has 232 valence electrons. The van der Waals surface area contributed by atoms with E-state index in [1.165, 1.54) is 7.05 Å². The first kappa shape index (κ1) is 33.8. The maximum absolute atomic E-state index is 13.4. The SMILES string of the molecule is CNC(=O)CNC(=O)CCC(=O)NCC(=O)Nc1cccc([C@@H](CN2CCCC2)N(C)C(=O)Cc2ccc(Cl)c(Cl)c2)c1. The van der Waals surface area contributed by atoms with Crippen molar-refractivity contribution < 1.29 is 24.0 Å². The highest BCUT2D eigenvalue weighted by Crippen LogP contribution is 2.27. The molecule has 13 heteroatoms. The van der Waals surface area contributed by atoms with E-state index in [1.54, 1.807) is 36.2 Å². The van der Waals surface area contributed by atoms with E-state index in [0.717, 1.165) is 37.1 Å². The maximum atomic E-state index is 13.4. The molecule has 0 bridgehead atoms. The number of likely N-dealkylation sites (tertiary alicyclic amines) is 1. The largest absolute Gasteiger partial charge is 0.358 e. The molecule has 0 saturated carbocycles. The van der Waals surface area contributed by atoms with Crippen LogP contribution in [-0.2, 0) is 30.4 Å². The number of carbonyl (C=O) groups excluding carboxylic acids is 5. The Morgan fingerprint density at radius 2 is 1.51 bits per heavy atom. The first-order valence-corrected chi connectivity index (χ1v) is 14.9. The number of nitrogens with zero attached hydrogens (tertiary/aromatic N) is 2. The van der Waals surface area contributed by atoms with Crippen LogP contribution < -0.4 is 21.3 Å². The molecule has 1 aliphatic heterocycles. The average molecular weight is 634 g/mol. The molecule has 1 fully saturated rings. The van der Waals surface area contributed by atoms with Crippen molar-refractivity contribution in [1.29, 1.82) is 0 Å². The third-order valence-electron chi connectivity index (χ3n) is 7.14. The molecule has 4 N–H and O–H groups in total. The van der Waals surface area contributed by atoms with Gasteiger partial charge in [0.1, 0.15) is 0 Å². The third kappa shape index (κ3) is 11.2. The van der Waals surface area contributed by atoms with Gasteiger partial charge in [0.05, 0.1) is 35.6 Å². The summed E-state index contributed by atoms with van der Waals surface area (Å²) in [5.74, 6) is -1.77. The highest BCUT2D eigenvalue weighted by molar-refractivity contribution is 6.42. The number of rotatable bonds is 14. The van der Waals surface area contributed by atoms with Gasteiger partial charge in [0.2, 0.25) is 29.5 Å². The summed E-state index contributed by atoms with van der Waals surface area (Å²) in [6, 6.07) is 12.2. The van der Waals surface area contributed by atoms with Crippen molar-refractivity contribution in [3.8, 4) is 0 Å². The van der Waals surface area contributed by atoms with Crippen molar-refractivity contribution in [3.05, 3.63) is 63.6 Å². The molecule has 0 unspecified atom stereocenters. The molecule has 1 aliphatic rings. The maximum Gasteiger partial charge on any atom is 0.243 e. The fourth-order valence-corrected chi connectivity index (χ4v) is 4.98. The van der Waals surface area contributed by atoms with Crippen LogP contribution in [0.5, 0.6) is 0 Å². The monoisotopic (exact) mass is 632 g/mol. The molecular formula is C30H38Cl2N6O5. The normalized spacial score (nSPS) is 13.6. The summed E-state index contributed by atoms with van der Waals surface area (Å²) >= 11 is 12.2. The third-order valence-corrected chi connectivity index (χ3v) is 7.87. The number of nitrogens with one attached hydrogen (secondary N) is 4. The minimum absolute atomic E-state index is 0.0814. The molecule has 11 nitrogen and oxygen atoms in total. The second-order valence-electron chi connectivity index (χ2n) is 10.4. The fraction of sp³-hybridized carbons (Fsp3) is 0.433. The van der Waals surface area contributed by atoms with Crippen LogP contribution in [0.25, 0.3) is 0 Å². The number of anilines is 1. The summed E-state index contributed by atoms with van der Waals surface area (Å²) in [5.41, 5.74) is 2.15. The summed E-state index contributed by atoms with van der Waals surface area (Å²) in [5, 5.41) is 10.9. The predicted octanol–water partition coefficient (Wildman–Crippen LogP) is 2.53. The molecule has 5 amide bonds. The lowest BCUT2D eigenvalue weighted by molar-refractivity contribution is -0.131. The van der Waals surface area contributed by atoms with E-state index in [9.17, 15) is 24.0 Å². The summed E-state index contributed by atoms with van der Waals surface area (Å²) in [6.07, 6.45) is 2.15. The van der Waals surface area contributed by atoms with E-state index in [4.69, 9.17) is 23.2 Å². The van der Waals surface area contributed by atoms with Crippen LogP contribution in [0.15, 0.2) is 42.5 Å². The molecule has 3 rings (SSSR count). The summed E-state index contributed by atoms with van der Waals surface area (Å²) in [4.78, 5) is 65.1. The highest BCUT2D eigenvalue weighted by Gasteiger charge is 2.26. The Balaban J connectivity index is 1.59. The summed E-state index contributed by atoms with van der Waals surface area (Å²) in [6.45, 7) is 2.11. The smallest absolute Gasteiger partial charge is 0.243 e. The Bertz CT molecular complexity index is 1320. The standard InChI is InChI=1S/C30H38Cl2N6O5/c1-33-28(41)17-34-26(39)10-11-27(40)35-18-29(42)36-22-7-5-6-21(16-22)25(19-38-12-3-4-13-38)37(2)30(43)15-20-8-9-23(31)24(32)14-20/h5-9,14,16,25H,3-4,10-13,15,17-19H2,1-2H3,(H,33,41)(H,34,39)(H,35,40)(H,36,42)/t25-/m1/s1. The van der Waals surface area contributed by atoms with Crippen molar-refractivity contribution in [2.45, 2.75) is 38.1 Å². The molecule has 2 aromatic carbocycles. The molecule has 1 heterocycles. The van der Waals surface area contributed by atoms with Crippen LogP contribution in [-0.4, -0.2) is 86.2 Å². The van der Waals surface area contributed by atoms with Gasteiger partial charge in [0.15, 0.2) is 0 Å². The van der Waals surface area contributed by atoms with E-state index in [0.29, 0.717) is 22.3 Å². The average Bonchev–Trinajstić information content (AvgIpc) is 3.51. The van der Waals surface area contributed by atoms with Gasteiger partial charge < -0.3 is 31.1 Å². The minimum Gasteiger partial charge on any atom is -0.358 e. The van der Waals surface area contributed by atoms with Crippen molar-refractivity contribution in [2.24, 2.45) is 0 Å². The van der Waals surface area contributed by atoms with Crippen LogP contribution in [0.2, 0.25) is 10.0 Å². The molecule has 0 aliphatic carbocycles. The molecule has 1 saturated heterocycles. The summed E-state index contributed by atoms with van der Waals surface area (Å²) in [7, 11) is 3.23. The quantitative estimate of drug-likeness (QED) is 0.252. The van der Waals surface area contributed by atoms with Gasteiger partial charge in [-0.05, 0) is 61.3 Å². The van der Waals surface area contributed by atoms with E-state index in [-0.39, 0.29) is 50.2 Å². The zero-order valence-electron chi connectivity index (χ0n) is 24.4. The first-order chi connectivity index (χ1) is 20.5. The Hall–Kier alpha value is -3.67. The number of hydrogen-bond acceptors (Lipinski definition) is 6. The first-order valence-electron chi connectivity index (χ1n) is 14.1. The molecular weight excluding hydrogens is 595 g/mol. The predicted molar refractivity (Wildman–Crippen MR) is 166 cm³/mol. The minimum atomic E-state index is -0.466. The van der Waals surface area contributed by atoms with E-state index < -0.39 is 17.7 Å². The molecule has 0 radical (unpaired) electrons. The van der Waals surface area contributed by atoms with Crippen LogP contribution in [0.3, 0.4) is 0 Å². The topological polar surface area (TPSA) is 140 Å². The Morgan fingerprint density at radius 3 is 2.14 bits per heavy atom. The van der Waals surface area contributed by atoms with Gasteiger partial charge in [-0.3, -0.25) is 24.0 Å². The number of halogens is 2. The molecule has 0 aromatic heterocycles. The lowest BCUT2D eigenvalue weighted by Gasteiger charge is -2.32. The molecule has 2 aromatic rings. The Morgan fingerprint density at radius 1 is 0.860 bits per heavy atom. The van der Waals surface area contributed by atoms with Crippen molar-refractivity contribution in [3.63, 3.8) is 0 Å². The van der Waals surface area contributed by atoms with Gasteiger partial charge in [-0.2, -0.15) is 0 Å². The Labute approximate surface area is 261 Å². The lowest BCUT2D eigenvalue weighted by Crippen LogP contribution is -2.39. The second kappa shape index (κ2) is 16.8. The second-order valence-corrected chi connectivity index (χ2v) is 11.2. The van der Waals surface area contributed by atoms with E-state index in [1.807, 2.05) is 18.2 Å². The number of amides is 5. The van der Waals surface area contributed by atoms with Crippen molar-refractivity contribution >= 4 is 58.4 Å². The van der Waals surface area contributed by atoms with E-state index >= 15 is 0 Å². The highest BCUT2D eigenvalue weighted by atomic mass is 35.5. The van der Waals surface area contributed by atoms with Gasteiger partial charge in [-0.15, -0.1) is 0 Å². The number of carbonyl (C=O) groups is 5. The zero-order chi connectivity index (χ0) is 31.4. The van der Waals surface area contributed by atoms with Crippen LogP contribution >= 0.6 is 23.2 Å². The van der Waals surface area contributed by atoms with Crippen molar-refractivity contribution in [1.82, 2.24) is 25.8 Å². The molecule has 0 spiro atoms. The number of benzene rings is 2. The van der Waals surface area contributed by atoms with E-state index in [2.05, 4.69) is 26.2 Å². The van der Waals surface area contributed by atoms with Gasteiger partial charge in [-0.25, -0.2) is 0 Å². The number of likely N-dealkylation sites (N-methyl/N-ethyl adjacent to an activating group) is 2. The fourth-order valence-electron chi connectivity index (χ4n) is 4.66. The van der Waals surface area contributed by atoms with Crippen LogP contribution in [0, 0.1) is 0 Å². The lowest BCUT2D eigenvalue weighted by atomic mass is 10.0. The van der Waals surface area contributed by atoms with Gasteiger partial charge in [-0.1, -0.05) is 41.4 Å². The van der Waals surface area contributed by atoms with Crippen molar-refractivity contribution in [2.75, 3.05) is 52.1 Å². The Kier molecular flexibility index (Phi) is 13.2. The van der Waals surface area contributed by atoms with Gasteiger partial charge in [0, 0.05) is 39.2 Å². The van der Waals surface area contributed by atoms with Crippen LogP contribution in [0.4, 0.5) is 5.69 Å². The van der Waals surface area contributed by atoms with Crippen LogP contribution in [0.1, 0.15) is 42.9 Å². The zero-order valence-corrected chi connectivity index (χ0v) is 25.9. The molecule has 43 heavy (non-hydrogen) atoms.